The van der Waals surface area contributed by atoms with Gasteiger partial charge in [-0.25, -0.2) is 9.97 Å². The number of hydrogen-bond acceptors (Lipinski definition) is 3. The van der Waals surface area contributed by atoms with E-state index >= 15 is 0 Å². The second-order valence-electron chi connectivity index (χ2n) is 6.73. The van der Waals surface area contributed by atoms with Gasteiger partial charge in [-0.3, -0.25) is 0 Å². The Morgan fingerprint density at radius 2 is 2.00 bits per heavy atom. The van der Waals surface area contributed by atoms with E-state index < -0.39 is 0 Å². The third-order valence-corrected chi connectivity index (χ3v) is 4.19. The second kappa shape index (κ2) is 6.30. The molecule has 1 aliphatic rings. The van der Waals surface area contributed by atoms with Crippen LogP contribution in [0.25, 0.3) is 0 Å². The molecule has 0 spiro atoms. The van der Waals surface area contributed by atoms with Crippen LogP contribution in [0.2, 0.25) is 5.15 Å². The summed E-state index contributed by atoms with van der Waals surface area (Å²) in [5.41, 5.74) is -0.0762. The van der Waals surface area contributed by atoms with Crippen molar-refractivity contribution in [3.8, 4) is 0 Å². The van der Waals surface area contributed by atoms with Crippen molar-refractivity contribution >= 4 is 17.4 Å². The van der Waals surface area contributed by atoms with Gasteiger partial charge in [0, 0.05) is 24.1 Å². The lowest BCUT2D eigenvalue weighted by Crippen LogP contribution is -2.35. The minimum Gasteiger partial charge on any atom is -0.353 e. The molecule has 1 unspecified atom stereocenters. The zero-order valence-corrected chi connectivity index (χ0v) is 13.9. The third-order valence-electron chi connectivity index (χ3n) is 3.99. The van der Waals surface area contributed by atoms with Gasteiger partial charge in [0.15, 0.2) is 0 Å². The fourth-order valence-electron chi connectivity index (χ4n) is 2.79. The first-order chi connectivity index (χ1) is 9.41. The Hall–Kier alpha value is -0.830. The summed E-state index contributed by atoms with van der Waals surface area (Å²) in [7, 11) is 0. The van der Waals surface area contributed by atoms with E-state index in [4.69, 9.17) is 16.6 Å². The van der Waals surface area contributed by atoms with Crippen LogP contribution in [-0.4, -0.2) is 22.6 Å². The summed E-state index contributed by atoms with van der Waals surface area (Å²) in [6, 6.07) is 2.50. The highest BCUT2D eigenvalue weighted by molar-refractivity contribution is 6.29. The van der Waals surface area contributed by atoms with Gasteiger partial charge in [0.2, 0.25) is 0 Å². The number of anilines is 1. The van der Waals surface area contributed by atoms with E-state index in [-0.39, 0.29) is 5.41 Å². The number of rotatable bonds is 2. The monoisotopic (exact) mass is 295 g/mol. The first kappa shape index (κ1) is 15.6. The Labute approximate surface area is 127 Å². The fraction of sp³-hybridized carbons (Fsp3) is 0.750. The van der Waals surface area contributed by atoms with E-state index in [0.29, 0.717) is 11.2 Å². The van der Waals surface area contributed by atoms with E-state index in [1.165, 1.54) is 25.7 Å². The molecule has 2 heterocycles. The van der Waals surface area contributed by atoms with Crippen LogP contribution in [0.3, 0.4) is 0 Å². The first-order valence-electron chi connectivity index (χ1n) is 7.73. The molecule has 0 aromatic carbocycles. The van der Waals surface area contributed by atoms with Gasteiger partial charge >= 0.3 is 0 Å². The van der Waals surface area contributed by atoms with Crippen LogP contribution in [0.5, 0.6) is 0 Å². The summed E-state index contributed by atoms with van der Waals surface area (Å²) in [5.74, 6) is 1.84. The van der Waals surface area contributed by atoms with Crippen LogP contribution in [0, 0.1) is 0 Å². The Balaban J connectivity index is 2.37. The fourth-order valence-corrected chi connectivity index (χ4v) is 2.97. The summed E-state index contributed by atoms with van der Waals surface area (Å²) in [6.07, 6.45) is 6.29. The van der Waals surface area contributed by atoms with Crippen molar-refractivity contribution in [3.05, 3.63) is 17.0 Å². The Morgan fingerprint density at radius 3 is 2.65 bits per heavy atom. The minimum atomic E-state index is -0.0762. The van der Waals surface area contributed by atoms with Crippen molar-refractivity contribution in [3.63, 3.8) is 0 Å². The van der Waals surface area contributed by atoms with E-state index in [0.717, 1.165) is 24.6 Å². The predicted octanol–water partition coefficient (Wildman–Crippen LogP) is 4.59. The lowest BCUT2D eigenvalue weighted by atomic mass is 9.96. The molecule has 0 saturated carbocycles. The van der Waals surface area contributed by atoms with Crippen LogP contribution < -0.4 is 4.90 Å². The molecule has 0 aliphatic carbocycles. The van der Waals surface area contributed by atoms with Gasteiger partial charge in [0.1, 0.15) is 16.8 Å². The molecule has 1 aromatic rings. The Bertz CT molecular complexity index is 454. The zero-order chi connectivity index (χ0) is 14.8. The predicted molar refractivity (Wildman–Crippen MR) is 85.6 cm³/mol. The van der Waals surface area contributed by atoms with Gasteiger partial charge in [-0.05, 0) is 19.3 Å². The second-order valence-corrected chi connectivity index (χ2v) is 7.11. The molecule has 112 valence electrons. The SMILES string of the molecule is CCC1CCCCCN1c1cc(Cl)nc(C(C)(C)C)n1. The van der Waals surface area contributed by atoms with Gasteiger partial charge in [-0.15, -0.1) is 0 Å². The summed E-state index contributed by atoms with van der Waals surface area (Å²) >= 11 is 6.23. The zero-order valence-electron chi connectivity index (χ0n) is 13.1. The van der Waals surface area contributed by atoms with Crippen molar-refractivity contribution in [2.75, 3.05) is 11.4 Å². The Kier molecular flexibility index (Phi) is 4.90. The highest BCUT2D eigenvalue weighted by Crippen LogP contribution is 2.28. The van der Waals surface area contributed by atoms with Gasteiger partial charge in [0.05, 0.1) is 0 Å². The summed E-state index contributed by atoms with van der Waals surface area (Å²) < 4.78 is 0. The van der Waals surface area contributed by atoms with Crippen molar-refractivity contribution in [1.82, 2.24) is 9.97 Å². The summed E-state index contributed by atoms with van der Waals surface area (Å²) in [4.78, 5) is 11.6. The normalized spacial score (nSPS) is 20.9. The molecule has 1 aromatic heterocycles. The van der Waals surface area contributed by atoms with Gasteiger partial charge < -0.3 is 4.90 Å². The van der Waals surface area contributed by atoms with Crippen molar-refractivity contribution in [2.24, 2.45) is 0 Å². The van der Waals surface area contributed by atoms with Gasteiger partial charge in [-0.1, -0.05) is 52.1 Å². The maximum Gasteiger partial charge on any atom is 0.137 e. The van der Waals surface area contributed by atoms with Crippen molar-refractivity contribution < 1.29 is 0 Å². The van der Waals surface area contributed by atoms with Crippen LogP contribution in [0.4, 0.5) is 5.82 Å². The molecule has 4 heteroatoms. The molecule has 1 atom stereocenters. The standard InChI is InChI=1S/C16H26ClN3/c1-5-12-9-7-6-8-10-20(12)14-11-13(17)18-15(19-14)16(2,3)4/h11-12H,5-10H2,1-4H3. The van der Waals surface area contributed by atoms with Crippen LogP contribution in [0.15, 0.2) is 6.07 Å². The molecule has 1 fully saturated rings. The number of aromatic nitrogens is 2. The molecule has 0 bridgehead atoms. The molecule has 0 radical (unpaired) electrons. The molecular weight excluding hydrogens is 270 g/mol. The van der Waals surface area contributed by atoms with Crippen LogP contribution in [0.1, 0.15) is 65.6 Å². The molecule has 2 rings (SSSR count). The smallest absolute Gasteiger partial charge is 0.137 e. The highest BCUT2D eigenvalue weighted by Gasteiger charge is 2.24. The molecule has 1 aliphatic heterocycles. The molecule has 1 saturated heterocycles. The number of nitrogens with zero attached hydrogens (tertiary/aromatic N) is 3. The topological polar surface area (TPSA) is 29.0 Å². The quantitative estimate of drug-likeness (QED) is 0.748. The molecule has 3 nitrogen and oxygen atoms in total. The number of halogens is 1. The lowest BCUT2D eigenvalue weighted by molar-refractivity contribution is 0.529. The highest BCUT2D eigenvalue weighted by atomic mass is 35.5. The van der Waals surface area contributed by atoms with Crippen molar-refractivity contribution in [1.29, 1.82) is 0 Å². The van der Waals surface area contributed by atoms with Crippen LogP contribution in [-0.2, 0) is 5.41 Å². The minimum absolute atomic E-state index is 0.0762. The molecule has 20 heavy (non-hydrogen) atoms. The van der Waals surface area contributed by atoms with Crippen LogP contribution >= 0.6 is 11.6 Å². The average molecular weight is 296 g/mol. The largest absolute Gasteiger partial charge is 0.353 e. The van der Waals surface area contributed by atoms with Gasteiger partial charge in [0.25, 0.3) is 0 Å². The Morgan fingerprint density at radius 1 is 1.25 bits per heavy atom. The van der Waals surface area contributed by atoms with E-state index in [9.17, 15) is 0 Å². The average Bonchev–Trinajstić information content (AvgIpc) is 2.61. The summed E-state index contributed by atoms with van der Waals surface area (Å²) in [5, 5.41) is 0.555. The third kappa shape index (κ3) is 3.63. The maximum absolute atomic E-state index is 6.23. The van der Waals surface area contributed by atoms with Crippen molar-refractivity contribution in [2.45, 2.75) is 71.3 Å². The first-order valence-corrected chi connectivity index (χ1v) is 8.11. The van der Waals surface area contributed by atoms with E-state index in [1.807, 2.05) is 6.07 Å². The molecular formula is C16H26ClN3. The van der Waals surface area contributed by atoms with Gasteiger partial charge in [-0.2, -0.15) is 0 Å². The summed E-state index contributed by atoms with van der Waals surface area (Å²) in [6.45, 7) is 9.72. The number of hydrogen-bond donors (Lipinski definition) is 0. The lowest BCUT2D eigenvalue weighted by Gasteiger charge is -2.31. The molecule has 0 amide bonds. The maximum atomic E-state index is 6.23. The molecule has 0 N–H and O–H groups in total. The van der Waals surface area contributed by atoms with E-state index in [1.54, 1.807) is 0 Å². The van der Waals surface area contributed by atoms with E-state index in [2.05, 4.69) is 37.6 Å².